The molecule has 0 radical (unpaired) electrons. The molecule has 1 aromatic carbocycles. The zero-order valence-electron chi connectivity index (χ0n) is 8.58. The number of fused-ring (bicyclic) bond motifs is 1. The predicted molar refractivity (Wildman–Crippen MR) is 68.7 cm³/mol. The first-order valence-corrected chi connectivity index (χ1v) is 6.43. The maximum absolute atomic E-state index is 11.9. The highest BCUT2D eigenvalue weighted by atomic mass is 79.9. The summed E-state index contributed by atoms with van der Waals surface area (Å²) in [7, 11) is 0. The van der Waals surface area contributed by atoms with Crippen molar-refractivity contribution in [2.24, 2.45) is 5.92 Å². The van der Waals surface area contributed by atoms with Gasteiger partial charge in [-0.25, -0.2) is 0 Å². The molecule has 0 N–H and O–H groups in total. The fraction of sp³-hybridized carbons (Fsp3) is 0.250. The third kappa shape index (κ3) is 1.86. The summed E-state index contributed by atoms with van der Waals surface area (Å²) in [6.07, 6.45) is 0. The summed E-state index contributed by atoms with van der Waals surface area (Å²) in [6, 6.07) is 8.06. The van der Waals surface area contributed by atoms with Crippen molar-refractivity contribution in [1.82, 2.24) is 0 Å². The summed E-state index contributed by atoms with van der Waals surface area (Å²) >= 11 is 5.07. The van der Waals surface area contributed by atoms with Crippen molar-refractivity contribution >= 4 is 43.1 Å². The minimum Gasteiger partial charge on any atom is -0.293 e. The Morgan fingerprint density at radius 2 is 2.00 bits per heavy atom. The van der Waals surface area contributed by atoms with Gasteiger partial charge < -0.3 is 0 Å². The molecule has 15 heavy (non-hydrogen) atoms. The number of Topliss-reactive ketones (excluding diaryl/α,β-unsaturated/α-hetero) is 1. The van der Waals surface area contributed by atoms with Crippen LogP contribution in [0.15, 0.2) is 28.7 Å². The molecule has 0 aliphatic carbocycles. The largest absolute Gasteiger partial charge is 0.293 e. The molecular formula is C12H11BrOS. The van der Waals surface area contributed by atoms with Crippen LogP contribution in [0.4, 0.5) is 0 Å². The van der Waals surface area contributed by atoms with Gasteiger partial charge in [0, 0.05) is 20.5 Å². The van der Waals surface area contributed by atoms with E-state index >= 15 is 0 Å². The molecule has 3 heteroatoms. The number of halogens is 1. The second kappa shape index (κ2) is 4.06. The summed E-state index contributed by atoms with van der Waals surface area (Å²) < 4.78 is 2.11. The Labute approximate surface area is 101 Å². The molecular weight excluding hydrogens is 272 g/mol. The molecule has 2 aromatic rings. The lowest BCUT2D eigenvalue weighted by atomic mass is 10.1. The Balaban J connectivity index is 2.63. The van der Waals surface area contributed by atoms with Crippen molar-refractivity contribution in [2.75, 3.05) is 0 Å². The monoisotopic (exact) mass is 282 g/mol. The Hall–Kier alpha value is -0.670. The van der Waals surface area contributed by atoms with E-state index in [0.717, 1.165) is 19.4 Å². The van der Waals surface area contributed by atoms with E-state index in [1.165, 1.54) is 0 Å². The Morgan fingerprint density at radius 1 is 1.33 bits per heavy atom. The zero-order chi connectivity index (χ0) is 11.0. The number of hydrogen-bond acceptors (Lipinski definition) is 2. The van der Waals surface area contributed by atoms with Crippen molar-refractivity contribution in [3.8, 4) is 0 Å². The topological polar surface area (TPSA) is 17.1 Å². The molecule has 1 nitrogen and oxygen atoms in total. The lowest BCUT2D eigenvalue weighted by Gasteiger charge is -2.00. The highest BCUT2D eigenvalue weighted by Gasteiger charge is 2.18. The number of carbonyl (C=O) groups is 1. The molecule has 1 heterocycles. The van der Waals surface area contributed by atoms with E-state index in [-0.39, 0.29) is 11.7 Å². The molecule has 1 aromatic heterocycles. The molecule has 0 aliphatic heterocycles. The van der Waals surface area contributed by atoms with Crippen molar-refractivity contribution in [3.63, 3.8) is 0 Å². The normalized spacial score (nSPS) is 11.2. The van der Waals surface area contributed by atoms with Gasteiger partial charge in [-0.1, -0.05) is 32.0 Å². The highest BCUT2D eigenvalue weighted by molar-refractivity contribution is 9.10. The van der Waals surface area contributed by atoms with Crippen LogP contribution in [0.2, 0.25) is 0 Å². The molecule has 0 bridgehead atoms. The SMILES string of the molecule is CC(C)C(=O)c1sc2ccccc2c1Br. The van der Waals surface area contributed by atoms with Crippen LogP contribution >= 0.6 is 27.3 Å². The summed E-state index contributed by atoms with van der Waals surface area (Å²) in [5.41, 5.74) is 0. The molecule has 0 atom stereocenters. The molecule has 0 aliphatic rings. The molecule has 78 valence electrons. The van der Waals surface area contributed by atoms with Gasteiger partial charge in [-0.15, -0.1) is 11.3 Å². The van der Waals surface area contributed by atoms with E-state index in [4.69, 9.17) is 0 Å². The second-order valence-electron chi connectivity index (χ2n) is 3.76. The molecule has 0 fully saturated rings. The number of ketones is 1. The predicted octanol–water partition coefficient (Wildman–Crippen LogP) is 4.50. The minimum atomic E-state index is 0.0503. The average molecular weight is 283 g/mol. The van der Waals surface area contributed by atoms with Gasteiger partial charge in [0.15, 0.2) is 5.78 Å². The average Bonchev–Trinajstić information content (AvgIpc) is 2.56. The molecule has 0 amide bonds. The number of hydrogen-bond donors (Lipinski definition) is 0. The smallest absolute Gasteiger partial charge is 0.176 e. The number of rotatable bonds is 2. The highest BCUT2D eigenvalue weighted by Crippen LogP contribution is 2.36. The Bertz CT molecular complexity index is 513. The van der Waals surface area contributed by atoms with Crippen LogP contribution in [0.3, 0.4) is 0 Å². The third-order valence-corrected chi connectivity index (χ3v) is 4.55. The summed E-state index contributed by atoms with van der Waals surface area (Å²) in [4.78, 5) is 12.8. The fourth-order valence-corrected chi connectivity index (χ4v) is 3.53. The van der Waals surface area contributed by atoms with E-state index in [0.29, 0.717) is 0 Å². The maximum Gasteiger partial charge on any atom is 0.176 e. The number of carbonyl (C=O) groups excluding carboxylic acids is 1. The van der Waals surface area contributed by atoms with E-state index in [1.54, 1.807) is 11.3 Å². The van der Waals surface area contributed by atoms with E-state index < -0.39 is 0 Å². The van der Waals surface area contributed by atoms with Crippen LogP contribution in [0.5, 0.6) is 0 Å². The van der Waals surface area contributed by atoms with Crippen LogP contribution in [0.1, 0.15) is 23.5 Å². The van der Waals surface area contributed by atoms with Gasteiger partial charge in [0.1, 0.15) is 0 Å². The van der Waals surface area contributed by atoms with Crippen LogP contribution < -0.4 is 0 Å². The number of benzene rings is 1. The first-order valence-electron chi connectivity index (χ1n) is 4.82. The molecule has 0 saturated carbocycles. The summed E-state index contributed by atoms with van der Waals surface area (Å²) in [5.74, 6) is 0.262. The molecule has 0 spiro atoms. The van der Waals surface area contributed by atoms with Crippen molar-refractivity contribution in [3.05, 3.63) is 33.6 Å². The van der Waals surface area contributed by atoms with Crippen LogP contribution in [0, 0.1) is 5.92 Å². The molecule has 0 saturated heterocycles. The molecule has 0 unspecified atom stereocenters. The number of thiophene rings is 1. The van der Waals surface area contributed by atoms with Gasteiger partial charge >= 0.3 is 0 Å². The standard InChI is InChI=1S/C12H11BrOS/c1-7(2)11(14)12-10(13)8-5-3-4-6-9(8)15-12/h3-7H,1-2H3. The van der Waals surface area contributed by atoms with E-state index in [9.17, 15) is 4.79 Å². The van der Waals surface area contributed by atoms with Crippen LogP contribution in [-0.4, -0.2) is 5.78 Å². The first-order chi connectivity index (χ1) is 7.11. The van der Waals surface area contributed by atoms with Crippen molar-refractivity contribution < 1.29 is 4.79 Å². The van der Waals surface area contributed by atoms with E-state index in [1.807, 2.05) is 38.1 Å². The van der Waals surface area contributed by atoms with Gasteiger partial charge in [0.2, 0.25) is 0 Å². The third-order valence-electron chi connectivity index (χ3n) is 2.28. The lowest BCUT2D eigenvalue weighted by Crippen LogP contribution is -2.05. The van der Waals surface area contributed by atoms with Crippen LogP contribution in [-0.2, 0) is 0 Å². The van der Waals surface area contributed by atoms with Crippen LogP contribution in [0.25, 0.3) is 10.1 Å². The summed E-state index contributed by atoms with van der Waals surface area (Å²) in [5, 5.41) is 1.13. The first kappa shape index (κ1) is 10.8. The second-order valence-corrected chi connectivity index (χ2v) is 5.61. The van der Waals surface area contributed by atoms with Gasteiger partial charge in [0.25, 0.3) is 0 Å². The zero-order valence-corrected chi connectivity index (χ0v) is 11.0. The Morgan fingerprint density at radius 3 is 2.60 bits per heavy atom. The summed E-state index contributed by atoms with van der Waals surface area (Å²) in [6.45, 7) is 3.86. The van der Waals surface area contributed by atoms with Gasteiger partial charge in [-0.2, -0.15) is 0 Å². The maximum atomic E-state index is 11.9. The minimum absolute atomic E-state index is 0.0503. The van der Waals surface area contributed by atoms with Crippen molar-refractivity contribution in [1.29, 1.82) is 0 Å². The van der Waals surface area contributed by atoms with Gasteiger partial charge in [-0.3, -0.25) is 4.79 Å². The lowest BCUT2D eigenvalue weighted by molar-refractivity contribution is 0.0943. The van der Waals surface area contributed by atoms with Crippen molar-refractivity contribution in [2.45, 2.75) is 13.8 Å². The molecule has 2 rings (SSSR count). The van der Waals surface area contributed by atoms with Gasteiger partial charge in [-0.05, 0) is 22.0 Å². The fourth-order valence-electron chi connectivity index (χ4n) is 1.43. The van der Waals surface area contributed by atoms with E-state index in [2.05, 4.69) is 15.9 Å². The quantitative estimate of drug-likeness (QED) is 0.741. The van der Waals surface area contributed by atoms with Gasteiger partial charge in [0.05, 0.1) is 4.88 Å². The Kier molecular flexibility index (Phi) is 2.94.